The second kappa shape index (κ2) is 8.17. The Hall–Kier alpha value is -3.28. The third kappa shape index (κ3) is 4.52. The lowest BCUT2D eigenvalue weighted by molar-refractivity contribution is -0.274. The Labute approximate surface area is 155 Å². The molecule has 1 amide bonds. The smallest absolute Gasteiger partial charge is 0.478 e. The predicted octanol–water partition coefficient (Wildman–Crippen LogP) is 0.957. The molecule has 1 aromatic rings. The lowest BCUT2D eigenvalue weighted by Crippen LogP contribution is -2.31. The van der Waals surface area contributed by atoms with Crippen LogP contribution in [0.2, 0.25) is 0 Å². The minimum atomic E-state index is -5.13. The Morgan fingerprint density at radius 2 is 2.00 bits per heavy atom. The number of carbonyl (C=O) groups is 3. The third-order valence-electron chi connectivity index (χ3n) is 3.69. The van der Waals surface area contributed by atoms with E-state index in [-0.39, 0.29) is 18.7 Å². The minimum Gasteiger partial charge on any atom is -0.478 e. The number of carbonyl (C=O) groups excluding carboxylic acids is 2. The number of halogens is 3. The molecule has 0 atom stereocenters. The molecule has 0 spiro atoms. The summed E-state index contributed by atoms with van der Waals surface area (Å²) in [6.07, 6.45) is -5.13. The number of anilines is 1. The first kappa shape index (κ1) is 21.0. The number of nitrogens with zero attached hydrogens (tertiary/aromatic N) is 1. The molecular formula is C16H15F3N2O7. The van der Waals surface area contributed by atoms with Gasteiger partial charge in [-0.25, -0.2) is 9.59 Å². The van der Waals surface area contributed by atoms with Crippen LogP contribution in [0.4, 0.5) is 18.9 Å². The number of aliphatic hydroxyl groups is 1. The molecule has 0 aliphatic carbocycles. The largest absolute Gasteiger partial charge is 0.573 e. The summed E-state index contributed by atoms with van der Waals surface area (Å²) in [5, 5.41) is 20.6. The summed E-state index contributed by atoms with van der Waals surface area (Å²) in [6, 6.07) is 2.88. The number of amides is 1. The van der Waals surface area contributed by atoms with Crippen LogP contribution in [-0.2, 0) is 14.3 Å². The Kier molecular flexibility index (Phi) is 6.13. The van der Waals surface area contributed by atoms with E-state index in [4.69, 9.17) is 5.11 Å². The summed E-state index contributed by atoms with van der Waals surface area (Å²) >= 11 is 0. The van der Waals surface area contributed by atoms with E-state index in [0.717, 1.165) is 30.2 Å². The van der Waals surface area contributed by atoms with Gasteiger partial charge in [-0.15, -0.1) is 13.2 Å². The molecule has 2 rings (SSSR count). The van der Waals surface area contributed by atoms with Crippen LogP contribution in [0.25, 0.3) is 0 Å². The Bertz CT molecular complexity index is 836. The molecule has 0 radical (unpaired) electrons. The van der Waals surface area contributed by atoms with E-state index < -0.39 is 53.5 Å². The number of carboxylic acid groups (broad SMARTS) is 1. The van der Waals surface area contributed by atoms with Crippen LogP contribution in [0.15, 0.2) is 29.5 Å². The van der Waals surface area contributed by atoms with Gasteiger partial charge >= 0.3 is 18.3 Å². The van der Waals surface area contributed by atoms with Gasteiger partial charge in [0.1, 0.15) is 5.70 Å². The minimum absolute atomic E-state index is 0.156. The molecule has 1 aliphatic heterocycles. The highest BCUT2D eigenvalue weighted by Gasteiger charge is 2.37. The second-order valence-corrected chi connectivity index (χ2v) is 5.45. The average molecular weight is 404 g/mol. The van der Waals surface area contributed by atoms with Crippen molar-refractivity contribution in [2.75, 3.05) is 32.1 Å². The van der Waals surface area contributed by atoms with Crippen molar-refractivity contribution in [3.05, 3.63) is 35.0 Å². The summed E-state index contributed by atoms with van der Waals surface area (Å²) in [5.74, 6) is -4.26. The van der Waals surface area contributed by atoms with Gasteiger partial charge in [-0.05, 0) is 12.1 Å². The predicted molar refractivity (Wildman–Crippen MR) is 86.4 cm³/mol. The summed E-state index contributed by atoms with van der Waals surface area (Å²) in [5.41, 5.74) is -1.99. The summed E-state index contributed by atoms with van der Waals surface area (Å²) in [4.78, 5) is 36.9. The number of alkyl halides is 3. The molecule has 0 aromatic heterocycles. The number of hydrogen-bond donors (Lipinski definition) is 3. The monoisotopic (exact) mass is 404 g/mol. The van der Waals surface area contributed by atoms with Gasteiger partial charge in [0.15, 0.2) is 5.75 Å². The van der Waals surface area contributed by atoms with Crippen LogP contribution >= 0.6 is 0 Å². The topological polar surface area (TPSA) is 125 Å². The van der Waals surface area contributed by atoms with Crippen LogP contribution in [-0.4, -0.2) is 66.1 Å². The molecule has 9 nitrogen and oxygen atoms in total. The Morgan fingerprint density at radius 3 is 2.54 bits per heavy atom. The number of esters is 1. The highest BCUT2D eigenvalue weighted by Crippen LogP contribution is 2.35. The van der Waals surface area contributed by atoms with Gasteiger partial charge in [0, 0.05) is 6.54 Å². The van der Waals surface area contributed by atoms with Crippen molar-refractivity contribution in [2.45, 2.75) is 6.36 Å². The first-order valence-electron chi connectivity index (χ1n) is 7.69. The van der Waals surface area contributed by atoms with Gasteiger partial charge in [-0.3, -0.25) is 4.79 Å². The van der Waals surface area contributed by atoms with Crippen LogP contribution in [0.5, 0.6) is 5.75 Å². The maximum atomic E-state index is 12.7. The molecule has 0 saturated carbocycles. The second-order valence-electron chi connectivity index (χ2n) is 5.45. The van der Waals surface area contributed by atoms with Gasteiger partial charge < -0.3 is 29.9 Å². The SMILES string of the molecule is COC(=O)C1=C(Nc2c(OC(F)(F)F)cccc2C(=O)O)C(=O)N(CCO)C1. The number of benzene rings is 1. The third-order valence-corrected chi connectivity index (χ3v) is 3.69. The van der Waals surface area contributed by atoms with E-state index in [1.54, 1.807) is 0 Å². The number of rotatable bonds is 7. The van der Waals surface area contributed by atoms with Crippen molar-refractivity contribution in [1.82, 2.24) is 4.90 Å². The first-order chi connectivity index (χ1) is 13.1. The molecule has 0 saturated heterocycles. The zero-order valence-electron chi connectivity index (χ0n) is 14.4. The first-order valence-corrected chi connectivity index (χ1v) is 7.69. The van der Waals surface area contributed by atoms with Gasteiger partial charge in [-0.1, -0.05) is 6.07 Å². The molecule has 28 heavy (non-hydrogen) atoms. The van der Waals surface area contributed by atoms with E-state index >= 15 is 0 Å². The lowest BCUT2D eigenvalue weighted by atomic mass is 10.1. The standard InChI is InChI=1S/C16H15F3N2O7/c1-27-15(26)9-7-21(5-6-22)13(23)12(9)20-11-8(14(24)25)3-2-4-10(11)28-16(17,18)19/h2-4,20,22H,5-7H2,1H3,(H,24,25). The molecule has 1 heterocycles. The number of aromatic carboxylic acids is 1. The maximum Gasteiger partial charge on any atom is 0.573 e. The molecule has 1 aromatic carbocycles. The van der Waals surface area contributed by atoms with Crippen molar-refractivity contribution in [2.24, 2.45) is 0 Å². The Balaban J connectivity index is 2.55. The fourth-order valence-corrected chi connectivity index (χ4v) is 2.52. The van der Waals surface area contributed by atoms with E-state index in [1.165, 1.54) is 0 Å². The Morgan fingerprint density at radius 1 is 1.32 bits per heavy atom. The molecule has 0 fully saturated rings. The molecule has 0 unspecified atom stereocenters. The summed E-state index contributed by atoms with van der Waals surface area (Å²) < 4.78 is 46.4. The fourth-order valence-electron chi connectivity index (χ4n) is 2.52. The van der Waals surface area contributed by atoms with Crippen molar-refractivity contribution < 1.29 is 47.2 Å². The molecule has 152 valence electrons. The number of para-hydroxylation sites is 1. The van der Waals surface area contributed by atoms with Crippen molar-refractivity contribution >= 4 is 23.5 Å². The normalized spacial score (nSPS) is 14.3. The number of nitrogens with one attached hydrogen (secondary N) is 1. The number of ether oxygens (including phenoxy) is 2. The maximum absolute atomic E-state index is 12.7. The van der Waals surface area contributed by atoms with Crippen LogP contribution in [0.1, 0.15) is 10.4 Å². The quantitative estimate of drug-likeness (QED) is 0.574. The zero-order chi connectivity index (χ0) is 21.1. The molecule has 1 aliphatic rings. The number of methoxy groups -OCH3 is 1. The van der Waals surface area contributed by atoms with Crippen LogP contribution in [0, 0.1) is 0 Å². The average Bonchev–Trinajstić information content (AvgIpc) is 2.91. The molecule has 0 bridgehead atoms. The van der Waals surface area contributed by atoms with Gasteiger partial charge in [0.2, 0.25) is 0 Å². The molecular weight excluding hydrogens is 389 g/mol. The highest BCUT2D eigenvalue weighted by molar-refractivity contribution is 6.09. The van der Waals surface area contributed by atoms with Crippen molar-refractivity contribution in [3.63, 3.8) is 0 Å². The zero-order valence-corrected chi connectivity index (χ0v) is 14.4. The van der Waals surface area contributed by atoms with Gasteiger partial charge in [-0.2, -0.15) is 0 Å². The number of aliphatic hydroxyl groups excluding tert-OH is 1. The van der Waals surface area contributed by atoms with Crippen LogP contribution < -0.4 is 10.1 Å². The van der Waals surface area contributed by atoms with E-state index in [9.17, 15) is 32.7 Å². The number of hydrogen-bond acceptors (Lipinski definition) is 7. The number of carboxylic acids is 1. The molecule has 3 N–H and O–H groups in total. The molecule has 12 heteroatoms. The highest BCUT2D eigenvalue weighted by atomic mass is 19.4. The van der Waals surface area contributed by atoms with E-state index in [1.807, 2.05) is 0 Å². The van der Waals surface area contributed by atoms with Gasteiger partial charge in [0.25, 0.3) is 5.91 Å². The van der Waals surface area contributed by atoms with Crippen LogP contribution in [0.3, 0.4) is 0 Å². The van der Waals surface area contributed by atoms with E-state index in [0.29, 0.717) is 0 Å². The number of β-amino-alcohol motifs (C(OH)–C–C–N with tert-alkyl or cyclic N) is 1. The summed E-state index contributed by atoms with van der Waals surface area (Å²) in [7, 11) is 1.04. The van der Waals surface area contributed by atoms with Gasteiger partial charge in [0.05, 0.1) is 37.1 Å². The van der Waals surface area contributed by atoms with Crippen molar-refractivity contribution in [1.29, 1.82) is 0 Å². The van der Waals surface area contributed by atoms with Crippen molar-refractivity contribution in [3.8, 4) is 5.75 Å². The summed E-state index contributed by atoms with van der Waals surface area (Å²) in [6.45, 7) is -0.863. The lowest BCUT2D eigenvalue weighted by Gasteiger charge is -2.18. The fraction of sp³-hybridized carbons (Fsp3) is 0.312. The van der Waals surface area contributed by atoms with E-state index in [2.05, 4.69) is 14.8 Å².